The fourth-order valence-corrected chi connectivity index (χ4v) is 2.48. The minimum atomic E-state index is -0.964. The van der Waals surface area contributed by atoms with Crippen LogP contribution in [0.25, 0.3) is 0 Å². The summed E-state index contributed by atoms with van der Waals surface area (Å²) in [6.07, 6.45) is 0.981. The van der Waals surface area contributed by atoms with Gasteiger partial charge in [0.25, 0.3) is 5.91 Å². The molecule has 6 heteroatoms. The van der Waals surface area contributed by atoms with Gasteiger partial charge < -0.3 is 10.1 Å². The number of amides is 1. The Morgan fingerprint density at radius 1 is 1.04 bits per heavy atom. The highest BCUT2D eigenvalue weighted by Crippen LogP contribution is 2.16. The summed E-state index contributed by atoms with van der Waals surface area (Å²) >= 11 is 1.57. The van der Waals surface area contributed by atoms with Gasteiger partial charge in [-0.2, -0.15) is 0 Å². The maximum atomic E-state index is 12.2. The first-order valence-corrected chi connectivity index (χ1v) is 8.90. The van der Waals surface area contributed by atoms with Crippen LogP contribution in [0.1, 0.15) is 34.6 Å². The van der Waals surface area contributed by atoms with Gasteiger partial charge in [-0.1, -0.05) is 12.1 Å². The number of esters is 1. The second kappa shape index (κ2) is 8.48. The molecular formula is C19H19NO4S. The summed E-state index contributed by atoms with van der Waals surface area (Å²) in [5.41, 5.74) is 1.36. The van der Waals surface area contributed by atoms with Gasteiger partial charge in [0.1, 0.15) is 0 Å². The lowest BCUT2D eigenvalue weighted by molar-refractivity contribution is -0.123. The molecule has 1 N–H and O–H groups in total. The highest BCUT2D eigenvalue weighted by atomic mass is 32.2. The number of thioether (sulfide) groups is 1. The van der Waals surface area contributed by atoms with E-state index in [4.69, 9.17) is 4.74 Å². The number of carbonyl (C=O) groups is 3. The Labute approximate surface area is 150 Å². The third kappa shape index (κ3) is 5.19. The van der Waals surface area contributed by atoms with E-state index in [9.17, 15) is 14.4 Å². The molecule has 0 aliphatic carbocycles. The van der Waals surface area contributed by atoms with Crippen molar-refractivity contribution >= 4 is 35.1 Å². The molecule has 0 aliphatic heterocycles. The van der Waals surface area contributed by atoms with E-state index in [1.54, 1.807) is 48.2 Å². The fourth-order valence-electron chi connectivity index (χ4n) is 2.07. The Morgan fingerprint density at radius 3 is 2.32 bits per heavy atom. The number of benzene rings is 2. The van der Waals surface area contributed by atoms with Gasteiger partial charge in [-0.15, -0.1) is 11.8 Å². The summed E-state index contributed by atoms with van der Waals surface area (Å²) in [4.78, 5) is 36.7. The molecule has 1 amide bonds. The van der Waals surface area contributed by atoms with Gasteiger partial charge in [0, 0.05) is 16.1 Å². The molecule has 0 saturated carbocycles. The summed E-state index contributed by atoms with van der Waals surface area (Å²) in [6.45, 7) is 2.95. The molecule has 2 aromatic carbocycles. The van der Waals surface area contributed by atoms with Crippen molar-refractivity contribution in [2.45, 2.75) is 24.8 Å². The molecule has 25 heavy (non-hydrogen) atoms. The van der Waals surface area contributed by atoms with Gasteiger partial charge in [0.2, 0.25) is 0 Å². The second-order valence-corrected chi connectivity index (χ2v) is 6.28. The first kappa shape index (κ1) is 18.7. The summed E-state index contributed by atoms with van der Waals surface area (Å²) in [5.74, 6) is -1.12. The third-order valence-electron chi connectivity index (χ3n) is 3.52. The fraction of sp³-hybridized carbons (Fsp3) is 0.211. The molecule has 0 radical (unpaired) electrons. The van der Waals surface area contributed by atoms with E-state index in [-0.39, 0.29) is 5.78 Å². The molecule has 0 bridgehead atoms. The molecule has 5 nitrogen and oxygen atoms in total. The van der Waals surface area contributed by atoms with Crippen molar-refractivity contribution in [3.63, 3.8) is 0 Å². The van der Waals surface area contributed by atoms with Crippen LogP contribution in [0, 0.1) is 0 Å². The molecule has 2 rings (SSSR count). The van der Waals surface area contributed by atoms with Crippen LogP contribution in [0.15, 0.2) is 53.4 Å². The number of hydrogen-bond acceptors (Lipinski definition) is 5. The van der Waals surface area contributed by atoms with Crippen molar-refractivity contribution in [1.82, 2.24) is 0 Å². The van der Waals surface area contributed by atoms with Crippen molar-refractivity contribution in [1.29, 1.82) is 0 Å². The van der Waals surface area contributed by atoms with Crippen LogP contribution in [0.4, 0.5) is 5.69 Å². The molecule has 1 atom stereocenters. The lowest BCUT2D eigenvalue weighted by Crippen LogP contribution is -2.30. The van der Waals surface area contributed by atoms with Crippen LogP contribution in [-0.2, 0) is 9.53 Å². The summed E-state index contributed by atoms with van der Waals surface area (Å²) in [6, 6.07) is 13.6. The SMILES string of the molecule is CSc1ccc(C(=O)O[C@@H](C)C(=O)Nc2cccc(C(C)=O)c2)cc1. The summed E-state index contributed by atoms with van der Waals surface area (Å²) in [5, 5.41) is 2.64. The van der Waals surface area contributed by atoms with Crippen LogP contribution >= 0.6 is 11.8 Å². The number of nitrogens with one attached hydrogen (secondary N) is 1. The van der Waals surface area contributed by atoms with Gasteiger partial charge in [0.05, 0.1) is 5.56 Å². The van der Waals surface area contributed by atoms with Crippen molar-refractivity contribution in [2.75, 3.05) is 11.6 Å². The van der Waals surface area contributed by atoms with Crippen LogP contribution in [0.2, 0.25) is 0 Å². The first-order valence-electron chi connectivity index (χ1n) is 7.67. The Morgan fingerprint density at radius 2 is 1.72 bits per heavy atom. The topological polar surface area (TPSA) is 72.5 Å². The average molecular weight is 357 g/mol. The molecule has 0 aromatic heterocycles. The molecule has 0 heterocycles. The number of Topliss-reactive ketones (excluding diaryl/α,β-unsaturated/α-hetero) is 1. The molecule has 0 spiro atoms. The molecule has 2 aromatic rings. The summed E-state index contributed by atoms with van der Waals surface area (Å²) in [7, 11) is 0. The van der Waals surface area contributed by atoms with Crippen molar-refractivity contribution in [3.05, 3.63) is 59.7 Å². The Hall–Kier alpha value is -2.60. The van der Waals surface area contributed by atoms with E-state index in [1.165, 1.54) is 13.8 Å². The van der Waals surface area contributed by atoms with Gasteiger partial charge >= 0.3 is 5.97 Å². The van der Waals surface area contributed by atoms with Gasteiger partial charge in [-0.3, -0.25) is 9.59 Å². The normalized spacial score (nSPS) is 11.5. The number of anilines is 1. The number of hydrogen-bond donors (Lipinski definition) is 1. The molecule has 0 aliphatic rings. The minimum Gasteiger partial charge on any atom is -0.449 e. The van der Waals surface area contributed by atoms with Gasteiger partial charge in [0.15, 0.2) is 11.9 Å². The van der Waals surface area contributed by atoms with E-state index in [0.29, 0.717) is 16.8 Å². The van der Waals surface area contributed by atoms with E-state index in [2.05, 4.69) is 5.32 Å². The smallest absolute Gasteiger partial charge is 0.338 e. The standard InChI is InChI=1S/C19H19NO4S/c1-12(21)15-5-4-6-16(11-15)20-18(22)13(2)24-19(23)14-7-9-17(25-3)10-8-14/h4-11,13H,1-3H3,(H,20,22)/t13-/m0/s1. The number of ketones is 1. The van der Waals surface area contributed by atoms with Crippen molar-refractivity contribution < 1.29 is 19.1 Å². The Bertz CT molecular complexity index is 786. The maximum absolute atomic E-state index is 12.2. The highest BCUT2D eigenvalue weighted by Gasteiger charge is 2.19. The Kier molecular flexibility index (Phi) is 6.36. The molecular weight excluding hydrogens is 338 g/mol. The minimum absolute atomic E-state index is 0.0933. The zero-order valence-corrected chi connectivity index (χ0v) is 15.1. The number of rotatable bonds is 6. The van der Waals surface area contributed by atoms with Gasteiger partial charge in [-0.05, 0) is 56.5 Å². The molecule has 0 saturated heterocycles. The second-order valence-electron chi connectivity index (χ2n) is 5.40. The van der Waals surface area contributed by atoms with E-state index in [1.807, 2.05) is 18.4 Å². The average Bonchev–Trinajstić information content (AvgIpc) is 2.61. The predicted molar refractivity (Wildman–Crippen MR) is 98.2 cm³/mol. The highest BCUT2D eigenvalue weighted by molar-refractivity contribution is 7.98. The van der Waals surface area contributed by atoms with E-state index in [0.717, 1.165) is 4.90 Å². The summed E-state index contributed by atoms with van der Waals surface area (Å²) < 4.78 is 5.20. The lowest BCUT2D eigenvalue weighted by Gasteiger charge is -2.14. The van der Waals surface area contributed by atoms with Crippen LogP contribution in [-0.4, -0.2) is 30.0 Å². The lowest BCUT2D eigenvalue weighted by atomic mass is 10.1. The van der Waals surface area contributed by atoms with Crippen LogP contribution in [0.3, 0.4) is 0 Å². The predicted octanol–water partition coefficient (Wildman–Crippen LogP) is 3.80. The largest absolute Gasteiger partial charge is 0.449 e. The maximum Gasteiger partial charge on any atom is 0.338 e. The van der Waals surface area contributed by atoms with Crippen LogP contribution < -0.4 is 5.32 Å². The van der Waals surface area contributed by atoms with Crippen molar-refractivity contribution in [2.24, 2.45) is 0 Å². The Balaban J connectivity index is 1.98. The van der Waals surface area contributed by atoms with Crippen molar-refractivity contribution in [3.8, 4) is 0 Å². The molecule has 0 fully saturated rings. The monoisotopic (exact) mass is 357 g/mol. The zero-order chi connectivity index (χ0) is 18.4. The van der Waals surface area contributed by atoms with E-state index >= 15 is 0 Å². The first-order chi connectivity index (χ1) is 11.9. The van der Waals surface area contributed by atoms with Gasteiger partial charge in [-0.25, -0.2) is 4.79 Å². The van der Waals surface area contributed by atoms with Crippen LogP contribution in [0.5, 0.6) is 0 Å². The number of carbonyl (C=O) groups excluding carboxylic acids is 3. The molecule has 0 unspecified atom stereocenters. The molecule has 130 valence electrons. The quantitative estimate of drug-likeness (QED) is 0.484. The third-order valence-corrected chi connectivity index (χ3v) is 4.26. The van der Waals surface area contributed by atoms with E-state index < -0.39 is 18.0 Å². The number of ether oxygens (including phenoxy) is 1. The zero-order valence-electron chi connectivity index (χ0n) is 14.2.